The van der Waals surface area contributed by atoms with Gasteiger partial charge in [-0.2, -0.15) is 0 Å². The second kappa shape index (κ2) is 7.51. The van der Waals surface area contributed by atoms with Crippen LogP contribution in [0.2, 0.25) is 0 Å². The average molecular weight is 341 g/mol. The van der Waals surface area contributed by atoms with Crippen LogP contribution >= 0.6 is 7.29 Å². The first-order chi connectivity index (χ1) is 11.2. The molecule has 2 aromatic rings. The SMILES string of the molecule is C=C(C)C[C@@H](N[P@](=O)(c1ccccc1)C(C)(C)C)c1ccccc1. The van der Waals surface area contributed by atoms with Crippen molar-refractivity contribution in [3.63, 3.8) is 0 Å². The largest absolute Gasteiger partial charge is 0.301 e. The molecule has 2 nitrogen and oxygen atoms in total. The Balaban J connectivity index is 2.46. The molecule has 24 heavy (non-hydrogen) atoms. The van der Waals surface area contributed by atoms with Gasteiger partial charge in [-0.25, -0.2) is 0 Å². The molecule has 0 bridgehead atoms. The van der Waals surface area contributed by atoms with Crippen LogP contribution in [-0.4, -0.2) is 5.16 Å². The van der Waals surface area contributed by atoms with Gasteiger partial charge in [-0.05, 0) is 18.9 Å². The second-order valence-electron chi connectivity index (χ2n) is 7.37. The summed E-state index contributed by atoms with van der Waals surface area (Å²) in [5.74, 6) is 0. The molecule has 0 fully saturated rings. The lowest BCUT2D eigenvalue weighted by Crippen LogP contribution is -2.34. The highest BCUT2D eigenvalue weighted by atomic mass is 31.2. The highest BCUT2D eigenvalue weighted by Gasteiger charge is 2.39. The fourth-order valence-corrected chi connectivity index (χ4v) is 5.37. The fraction of sp³-hybridized carbons (Fsp3) is 0.333. The van der Waals surface area contributed by atoms with Crippen LogP contribution in [0.15, 0.2) is 72.8 Å². The van der Waals surface area contributed by atoms with E-state index in [0.29, 0.717) is 0 Å². The smallest absolute Gasteiger partial charge is 0.181 e. The summed E-state index contributed by atoms with van der Waals surface area (Å²) in [4.78, 5) is 0. The summed E-state index contributed by atoms with van der Waals surface area (Å²) in [6, 6.07) is 20.0. The summed E-state index contributed by atoms with van der Waals surface area (Å²) >= 11 is 0. The van der Waals surface area contributed by atoms with Gasteiger partial charge in [0.25, 0.3) is 0 Å². The van der Waals surface area contributed by atoms with E-state index >= 15 is 0 Å². The molecular formula is C21H28NOP. The Labute approximate surface area is 146 Å². The lowest BCUT2D eigenvalue weighted by molar-refractivity contribution is 0.525. The molecule has 0 unspecified atom stereocenters. The van der Waals surface area contributed by atoms with Gasteiger partial charge >= 0.3 is 0 Å². The number of hydrogen-bond donors (Lipinski definition) is 1. The Hall–Kier alpha value is -1.63. The zero-order chi connectivity index (χ0) is 17.8. The van der Waals surface area contributed by atoms with Crippen molar-refractivity contribution in [3.05, 3.63) is 78.4 Å². The van der Waals surface area contributed by atoms with Crippen LogP contribution in [0.4, 0.5) is 0 Å². The summed E-state index contributed by atoms with van der Waals surface area (Å²) < 4.78 is 14.1. The van der Waals surface area contributed by atoms with Crippen molar-refractivity contribution < 1.29 is 4.57 Å². The van der Waals surface area contributed by atoms with Gasteiger partial charge < -0.3 is 4.57 Å². The standard InChI is InChI=1S/C21H28NOP/c1-17(2)16-20(18-12-8-6-9-13-18)22-24(23,21(3,4)5)19-14-10-7-11-15-19/h6-15,20H,1,16H2,2-5H3,(H,22,23)/t20-,24+/m1/s1. The maximum atomic E-state index is 14.1. The van der Waals surface area contributed by atoms with Gasteiger partial charge in [-0.1, -0.05) is 87.0 Å². The average Bonchev–Trinajstić information content (AvgIpc) is 2.54. The van der Waals surface area contributed by atoms with E-state index < -0.39 is 7.29 Å². The highest BCUT2D eigenvalue weighted by Crippen LogP contribution is 2.55. The molecule has 0 aliphatic rings. The van der Waals surface area contributed by atoms with Crippen molar-refractivity contribution in [2.45, 2.75) is 45.3 Å². The molecule has 0 amide bonds. The maximum absolute atomic E-state index is 14.1. The topological polar surface area (TPSA) is 29.1 Å². The van der Waals surface area contributed by atoms with Crippen molar-refractivity contribution in [2.24, 2.45) is 0 Å². The Morgan fingerprint density at radius 3 is 2.00 bits per heavy atom. The Bertz CT molecular complexity index is 717. The summed E-state index contributed by atoms with van der Waals surface area (Å²) in [5.41, 5.74) is 2.21. The van der Waals surface area contributed by atoms with Gasteiger partial charge in [-0.15, -0.1) is 6.58 Å². The molecule has 3 heteroatoms. The van der Waals surface area contributed by atoms with Crippen molar-refractivity contribution in [3.8, 4) is 0 Å². The number of benzene rings is 2. The third kappa shape index (κ3) is 4.26. The molecule has 128 valence electrons. The van der Waals surface area contributed by atoms with Crippen molar-refractivity contribution in [1.82, 2.24) is 5.09 Å². The van der Waals surface area contributed by atoms with Gasteiger partial charge in [0, 0.05) is 16.5 Å². The molecule has 0 saturated carbocycles. The van der Waals surface area contributed by atoms with E-state index in [1.54, 1.807) is 0 Å². The van der Waals surface area contributed by atoms with E-state index in [4.69, 9.17) is 0 Å². The fourth-order valence-electron chi connectivity index (χ4n) is 2.78. The van der Waals surface area contributed by atoms with Gasteiger partial charge in [0.1, 0.15) is 0 Å². The molecule has 0 aliphatic carbocycles. The first kappa shape index (κ1) is 18.7. The minimum Gasteiger partial charge on any atom is -0.301 e. The Morgan fingerprint density at radius 1 is 1.04 bits per heavy atom. The van der Waals surface area contributed by atoms with Crippen LogP contribution in [0.3, 0.4) is 0 Å². The predicted molar refractivity (Wildman–Crippen MR) is 105 cm³/mol. The molecule has 0 heterocycles. The van der Waals surface area contributed by atoms with Crippen LogP contribution in [0.5, 0.6) is 0 Å². The van der Waals surface area contributed by atoms with Gasteiger partial charge in [0.15, 0.2) is 7.29 Å². The van der Waals surface area contributed by atoms with Gasteiger partial charge in [0.05, 0.1) is 0 Å². The molecule has 0 radical (unpaired) electrons. The molecule has 0 spiro atoms. The minimum atomic E-state index is -2.82. The molecule has 0 saturated heterocycles. The van der Waals surface area contributed by atoms with E-state index in [2.05, 4.69) is 23.8 Å². The zero-order valence-electron chi connectivity index (χ0n) is 15.1. The van der Waals surface area contributed by atoms with Crippen molar-refractivity contribution >= 4 is 12.6 Å². The first-order valence-electron chi connectivity index (χ1n) is 8.37. The lowest BCUT2D eigenvalue weighted by atomic mass is 10.0. The lowest BCUT2D eigenvalue weighted by Gasteiger charge is -2.36. The van der Waals surface area contributed by atoms with E-state index in [-0.39, 0.29) is 11.2 Å². The van der Waals surface area contributed by atoms with Crippen LogP contribution in [-0.2, 0) is 4.57 Å². The Kier molecular flexibility index (Phi) is 5.85. The van der Waals surface area contributed by atoms with E-state index in [1.807, 2.05) is 76.2 Å². The molecule has 0 aliphatic heterocycles. The highest BCUT2D eigenvalue weighted by molar-refractivity contribution is 7.71. The van der Waals surface area contributed by atoms with Crippen LogP contribution < -0.4 is 10.4 Å². The minimum absolute atomic E-state index is 0.0195. The monoisotopic (exact) mass is 341 g/mol. The van der Waals surface area contributed by atoms with E-state index in [1.165, 1.54) is 0 Å². The predicted octanol–water partition coefficient (Wildman–Crippen LogP) is 5.69. The van der Waals surface area contributed by atoms with E-state index in [9.17, 15) is 4.57 Å². The normalized spacial score (nSPS) is 15.5. The quantitative estimate of drug-likeness (QED) is 0.540. The summed E-state index contributed by atoms with van der Waals surface area (Å²) in [6.07, 6.45) is 0.761. The molecule has 2 rings (SSSR count). The third-order valence-electron chi connectivity index (χ3n) is 4.16. The van der Waals surface area contributed by atoms with Gasteiger partial charge in [-0.3, -0.25) is 5.09 Å². The summed E-state index contributed by atoms with van der Waals surface area (Å²) in [5, 5.41) is 4.03. The molecule has 2 atom stereocenters. The summed E-state index contributed by atoms with van der Waals surface area (Å²) in [7, 11) is -2.82. The maximum Gasteiger partial charge on any atom is 0.181 e. The molecule has 1 N–H and O–H groups in total. The van der Waals surface area contributed by atoms with Crippen molar-refractivity contribution in [2.75, 3.05) is 0 Å². The molecule has 0 aromatic heterocycles. The van der Waals surface area contributed by atoms with Crippen LogP contribution in [0.1, 0.15) is 45.7 Å². The first-order valence-corrected chi connectivity index (χ1v) is 10.1. The number of rotatable bonds is 6. The van der Waals surface area contributed by atoms with E-state index in [0.717, 1.165) is 22.9 Å². The number of hydrogen-bond acceptors (Lipinski definition) is 1. The summed E-state index contributed by atoms with van der Waals surface area (Å²) in [6.45, 7) is 12.2. The van der Waals surface area contributed by atoms with Crippen LogP contribution in [0, 0.1) is 0 Å². The van der Waals surface area contributed by atoms with Crippen LogP contribution in [0.25, 0.3) is 0 Å². The van der Waals surface area contributed by atoms with Crippen molar-refractivity contribution in [1.29, 1.82) is 0 Å². The second-order valence-corrected chi connectivity index (χ2v) is 10.7. The zero-order valence-corrected chi connectivity index (χ0v) is 16.0. The third-order valence-corrected chi connectivity index (χ3v) is 7.75. The number of nitrogens with one attached hydrogen (secondary N) is 1. The Morgan fingerprint density at radius 2 is 1.54 bits per heavy atom. The van der Waals surface area contributed by atoms with Gasteiger partial charge in [0.2, 0.25) is 0 Å². The molecular weight excluding hydrogens is 313 g/mol. The molecule has 2 aromatic carbocycles.